The van der Waals surface area contributed by atoms with Crippen molar-refractivity contribution in [3.05, 3.63) is 52.8 Å². The molecular formula is C18H20ClN3O. The van der Waals surface area contributed by atoms with E-state index in [2.05, 4.69) is 15.6 Å². The summed E-state index contributed by atoms with van der Waals surface area (Å²) in [6, 6.07) is 9.66. The lowest BCUT2D eigenvalue weighted by Crippen LogP contribution is -2.17. The molecule has 1 aromatic carbocycles. The van der Waals surface area contributed by atoms with Crippen LogP contribution in [0.3, 0.4) is 0 Å². The molecule has 2 N–H and O–H groups in total. The molecule has 1 aliphatic carbocycles. The van der Waals surface area contributed by atoms with Crippen LogP contribution in [0, 0.1) is 6.92 Å². The van der Waals surface area contributed by atoms with Crippen LogP contribution in [0.4, 0.5) is 11.4 Å². The van der Waals surface area contributed by atoms with Gasteiger partial charge in [-0.25, -0.2) is 0 Å². The third-order valence-electron chi connectivity index (χ3n) is 4.15. The Hall–Kier alpha value is -2.07. The summed E-state index contributed by atoms with van der Waals surface area (Å²) in [5.74, 6) is -0.236. The van der Waals surface area contributed by atoms with Gasteiger partial charge in [-0.05, 0) is 49.6 Å². The van der Waals surface area contributed by atoms with Crippen molar-refractivity contribution in [1.82, 2.24) is 4.98 Å². The maximum absolute atomic E-state index is 12.4. The monoisotopic (exact) mass is 329 g/mol. The maximum Gasteiger partial charge on any atom is 0.274 e. The molecule has 0 saturated heterocycles. The van der Waals surface area contributed by atoms with E-state index in [0.29, 0.717) is 22.4 Å². The molecule has 1 saturated carbocycles. The second-order valence-corrected chi connectivity index (χ2v) is 6.38. The molecule has 1 aliphatic rings. The molecule has 3 rings (SSSR count). The smallest absolute Gasteiger partial charge is 0.274 e. The molecule has 0 bridgehead atoms. The van der Waals surface area contributed by atoms with Gasteiger partial charge >= 0.3 is 0 Å². The summed E-state index contributed by atoms with van der Waals surface area (Å²) in [5.41, 5.74) is 2.98. The fourth-order valence-electron chi connectivity index (χ4n) is 2.82. The van der Waals surface area contributed by atoms with E-state index in [1.807, 2.05) is 25.1 Å². The number of carbonyl (C=O) groups is 1. The van der Waals surface area contributed by atoms with E-state index in [4.69, 9.17) is 11.6 Å². The summed E-state index contributed by atoms with van der Waals surface area (Å²) < 4.78 is 0. The van der Waals surface area contributed by atoms with Crippen LogP contribution in [0.25, 0.3) is 0 Å². The first kappa shape index (κ1) is 15.8. The van der Waals surface area contributed by atoms with Gasteiger partial charge in [0, 0.05) is 28.6 Å². The van der Waals surface area contributed by atoms with Crippen LogP contribution in [-0.2, 0) is 0 Å². The second-order valence-electron chi connectivity index (χ2n) is 5.97. The van der Waals surface area contributed by atoms with Crippen molar-refractivity contribution in [1.29, 1.82) is 0 Å². The van der Waals surface area contributed by atoms with E-state index in [1.165, 1.54) is 25.7 Å². The summed E-state index contributed by atoms with van der Waals surface area (Å²) in [7, 11) is 0. The van der Waals surface area contributed by atoms with Gasteiger partial charge in [0.2, 0.25) is 0 Å². The Labute approximate surface area is 141 Å². The zero-order valence-electron chi connectivity index (χ0n) is 13.1. The van der Waals surface area contributed by atoms with E-state index >= 15 is 0 Å². The predicted molar refractivity (Wildman–Crippen MR) is 94.3 cm³/mol. The second kappa shape index (κ2) is 7.01. The summed E-state index contributed by atoms with van der Waals surface area (Å²) in [4.78, 5) is 16.5. The van der Waals surface area contributed by atoms with E-state index in [-0.39, 0.29) is 5.91 Å². The Kier molecular flexibility index (Phi) is 4.82. The number of carbonyl (C=O) groups excluding carboxylic acids is 1. The van der Waals surface area contributed by atoms with Gasteiger partial charge < -0.3 is 10.6 Å². The Morgan fingerprint density at radius 2 is 1.96 bits per heavy atom. The molecule has 1 amide bonds. The molecule has 5 heteroatoms. The topological polar surface area (TPSA) is 54.0 Å². The molecule has 23 heavy (non-hydrogen) atoms. The lowest BCUT2D eigenvalue weighted by molar-refractivity contribution is 0.102. The molecule has 0 unspecified atom stereocenters. The standard InChI is InChI=1S/C18H20ClN3O/c1-12-6-7-14(10-16(12)19)22-18(23)17-11-15(8-9-20-17)21-13-4-2-3-5-13/h6-11,13H,2-5H2,1H3,(H,20,21)(H,22,23). The summed E-state index contributed by atoms with van der Waals surface area (Å²) >= 11 is 6.09. The van der Waals surface area contributed by atoms with Gasteiger partial charge in [0.15, 0.2) is 0 Å². The largest absolute Gasteiger partial charge is 0.382 e. The van der Waals surface area contributed by atoms with Crippen LogP contribution in [0.15, 0.2) is 36.5 Å². The van der Waals surface area contributed by atoms with Crippen molar-refractivity contribution in [3.63, 3.8) is 0 Å². The highest BCUT2D eigenvalue weighted by atomic mass is 35.5. The summed E-state index contributed by atoms with van der Waals surface area (Å²) in [5, 5.41) is 6.94. The third-order valence-corrected chi connectivity index (χ3v) is 4.56. The Balaban J connectivity index is 1.70. The number of benzene rings is 1. The molecule has 120 valence electrons. The van der Waals surface area contributed by atoms with Gasteiger partial charge in [-0.2, -0.15) is 0 Å². The van der Waals surface area contributed by atoms with Crippen LogP contribution in [-0.4, -0.2) is 16.9 Å². The van der Waals surface area contributed by atoms with Crippen molar-refractivity contribution < 1.29 is 4.79 Å². The van der Waals surface area contributed by atoms with E-state index in [0.717, 1.165) is 11.3 Å². The number of nitrogens with zero attached hydrogens (tertiary/aromatic N) is 1. The van der Waals surface area contributed by atoms with Gasteiger partial charge in [-0.15, -0.1) is 0 Å². The first-order chi connectivity index (χ1) is 11.1. The number of amides is 1. The summed E-state index contributed by atoms with van der Waals surface area (Å²) in [6.45, 7) is 1.92. The molecule has 1 heterocycles. The van der Waals surface area contributed by atoms with Crippen LogP contribution >= 0.6 is 11.6 Å². The van der Waals surface area contributed by atoms with Crippen molar-refractivity contribution in [2.75, 3.05) is 10.6 Å². The number of aromatic nitrogens is 1. The van der Waals surface area contributed by atoms with Crippen molar-refractivity contribution in [2.45, 2.75) is 38.6 Å². The van der Waals surface area contributed by atoms with Crippen molar-refractivity contribution >= 4 is 28.9 Å². The lowest BCUT2D eigenvalue weighted by atomic mass is 10.2. The highest BCUT2D eigenvalue weighted by molar-refractivity contribution is 6.31. The van der Waals surface area contributed by atoms with Gasteiger partial charge in [-0.1, -0.05) is 30.5 Å². The van der Waals surface area contributed by atoms with Crippen molar-refractivity contribution in [2.24, 2.45) is 0 Å². The fraction of sp³-hybridized carbons (Fsp3) is 0.333. The third kappa shape index (κ3) is 4.02. The Bertz CT molecular complexity index is 711. The minimum absolute atomic E-state index is 0.236. The minimum Gasteiger partial charge on any atom is -0.382 e. The van der Waals surface area contributed by atoms with Gasteiger partial charge in [-0.3, -0.25) is 9.78 Å². The van der Waals surface area contributed by atoms with E-state index in [9.17, 15) is 4.79 Å². The minimum atomic E-state index is -0.236. The zero-order chi connectivity index (χ0) is 16.2. The fourth-order valence-corrected chi connectivity index (χ4v) is 3.00. The molecule has 0 aliphatic heterocycles. The zero-order valence-corrected chi connectivity index (χ0v) is 13.9. The Morgan fingerprint density at radius 1 is 1.17 bits per heavy atom. The highest BCUT2D eigenvalue weighted by Gasteiger charge is 2.15. The quantitative estimate of drug-likeness (QED) is 0.858. The lowest BCUT2D eigenvalue weighted by Gasteiger charge is -2.14. The summed E-state index contributed by atoms with van der Waals surface area (Å²) in [6.07, 6.45) is 6.57. The molecule has 1 fully saturated rings. The molecule has 0 atom stereocenters. The van der Waals surface area contributed by atoms with E-state index in [1.54, 1.807) is 18.3 Å². The number of hydrogen-bond acceptors (Lipinski definition) is 3. The number of rotatable bonds is 4. The van der Waals surface area contributed by atoms with Crippen molar-refractivity contribution in [3.8, 4) is 0 Å². The van der Waals surface area contributed by atoms with Gasteiger partial charge in [0.05, 0.1) is 0 Å². The molecule has 0 spiro atoms. The van der Waals surface area contributed by atoms with Crippen LogP contribution in [0.5, 0.6) is 0 Å². The number of halogens is 1. The van der Waals surface area contributed by atoms with Crippen LogP contribution in [0.1, 0.15) is 41.7 Å². The van der Waals surface area contributed by atoms with Crippen LogP contribution < -0.4 is 10.6 Å². The maximum atomic E-state index is 12.4. The average Bonchev–Trinajstić information content (AvgIpc) is 3.04. The number of aryl methyl sites for hydroxylation is 1. The number of pyridine rings is 1. The normalized spacial score (nSPS) is 14.7. The van der Waals surface area contributed by atoms with Gasteiger partial charge in [0.25, 0.3) is 5.91 Å². The number of anilines is 2. The number of hydrogen-bond donors (Lipinski definition) is 2. The molecule has 2 aromatic rings. The first-order valence-corrected chi connectivity index (χ1v) is 8.30. The first-order valence-electron chi connectivity index (χ1n) is 7.92. The van der Waals surface area contributed by atoms with Gasteiger partial charge in [0.1, 0.15) is 5.69 Å². The molecule has 0 radical (unpaired) electrons. The molecular weight excluding hydrogens is 310 g/mol. The number of nitrogens with one attached hydrogen (secondary N) is 2. The predicted octanol–water partition coefficient (Wildman–Crippen LogP) is 4.65. The molecule has 4 nitrogen and oxygen atoms in total. The highest BCUT2D eigenvalue weighted by Crippen LogP contribution is 2.23. The Morgan fingerprint density at radius 3 is 2.70 bits per heavy atom. The average molecular weight is 330 g/mol. The van der Waals surface area contributed by atoms with Crippen LogP contribution in [0.2, 0.25) is 5.02 Å². The SMILES string of the molecule is Cc1ccc(NC(=O)c2cc(NC3CCCC3)ccn2)cc1Cl. The van der Waals surface area contributed by atoms with E-state index < -0.39 is 0 Å². The molecule has 1 aromatic heterocycles.